The van der Waals surface area contributed by atoms with E-state index in [-0.39, 0.29) is 0 Å². The zero-order valence-corrected chi connectivity index (χ0v) is 19.3. The molecule has 4 aliphatic carbocycles. The largest absolute Gasteiger partial charge is 0.368 e. The van der Waals surface area contributed by atoms with Crippen LogP contribution in [0.4, 0.5) is 0 Å². The highest BCUT2D eigenvalue weighted by atomic mass is 16.6. The van der Waals surface area contributed by atoms with Gasteiger partial charge in [0.2, 0.25) is 0 Å². The Morgan fingerprint density at radius 2 is 1.79 bits per heavy atom. The summed E-state index contributed by atoms with van der Waals surface area (Å²) in [5, 5.41) is 10.0. The Morgan fingerprint density at radius 3 is 2.55 bits per heavy atom. The molecular formula is C26H44O3. The van der Waals surface area contributed by atoms with Crippen LogP contribution >= 0.6 is 0 Å². The van der Waals surface area contributed by atoms with E-state index < -0.39 is 6.29 Å². The van der Waals surface area contributed by atoms with Crippen molar-refractivity contribution in [1.82, 2.24) is 0 Å². The number of hydrogen-bond acceptors (Lipinski definition) is 3. The van der Waals surface area contributed by atoms with Crippen LogP contribution in [0.2, 0.25) is 0 Å². The summed E-state index contributed by atoms with van der Waals surface area (Å²) in [6.07, 6.45) is 12.3. The molecule has 3 nitrogen and oxygen atoms in total. The molecule has 0 heterocycles. The standard InChI is InChI=1S/C26H44O3/c1-5-29-24(28)11-6-17(2)21-9-10-22-20-8-7-18-16-19(27)12-14-25(18,3)23(20)13-15-26(21,22)4/h17-18,20-24,28H,5-16H2,1-4H3/t17-,18+,20?,21-,22?,23?,24?,25+,26-/m1/s1. The number of carbonyl (C=O) groups is 1. The second-order valence-corrected chi connectivity index (χ2v) is 11.6. The number of aliphatic hydroxyl groups is 1. The molecule has 29 heavy (non-hydrogen) atoms. The molecule has 3 heteroatoms. The Labute approximate surface area is 178 Å². The zero-order valence-electron chi connectivity index (χ0n) is 19.3. The topological polar surface area (TPSA) is 46.5 Å². The van der Waals surface area contributed by atoms with Gasteiger partial charge in [-0.1, -0.05) is 20.8 Å². The fraction of sp³-hybridized carbons (Fsp3) is 0.962. The summed E-state index contributed by atoms with van der Waals surface area (Å²) in [5.41, 5.74) is 0.897. The van der Waals surface area contributed by atoms with Crippen LogP contribution in [0.5, 0.6) is 0 Å². The molecule has 0 spiro atoms. The molecule has 9 atom stereocenters. The minimum Gasteiger partial charge on any atom is -0.368 e. The maximum atomic E-state index is 12.1. The van der Waals surface area contributed by atoms with Crippen molar-refractivity contribution >= 4 is 5.78 Å². The first-order valence-corrected chi connectivity index (χ1v) is 12.6. The Balaban J connectivity index is 1.45. The molecule has 4 saturated carbocycles. The van der Waals surface area contributed by atoms with Crippen LogP contribution in [0.15, 0.2) is 0 Å². The van der Waals surface area contributed by atoms with E-state index in [2.05, 4.69) is 20.8 Å². The lowest BCUT2D eigenvalue weighted by atomic mass is 9.44. The van der Waals surface area contributed by atoms with E-state index in [1.54, 1.807) is 0 Å². The van der Waals surface area contributed by atoms with Crippen molar-refractivity contribution in [3.8, 4) is 0 Å². The molecule has 166 valence electrons. The molecule has 0 bridgehead atoms. The third-order valence-electron chi connectivity index (χ3n) is 10.5. The molecule has 0 aliphatic heterocycles. The minimum atomic E-state index is -0.590. The summed E-state index contributed by atoms with van der Waals surface area (Å²) in [5.74, 6) is 5.24. The van der Waals surface area contributed by atoms with Crippen molar-refractivity contribution in [3.05, 3.63) is 0 Å². The quantitative estimate of drug-likeness (QED) is 0.553. The maximum absolute atomic E-state index is 12.1. The van der Waals surface area contributed by atoms with E-state index in [1.807, 2.05) is 6.92 Å². The van der Waals surface area contributed by atoms with Crippen molar-refractivity contribution in [1.29, 1.82) is 0 Å². The zero-order chi connectivity index (χ0) is 20.8. The van der Waals surface area contributed by atoms with Gasteiger partial charge in [0.15, 0.2) is 6.29 Å². The van der Waals surface area contributed by atoms with Crippen LogP contribution in [-0.2, 0) is 9.53 Å². The first-order chi connectivity index (χ1) is 13.8. The molecule has 0 saturated heterocycles. The molecule has 0 aromatic carbocycles. The van der Waals surface area contributed by atoms with Crippen LogP contribution in [0, 0.1) is 46.3 Å². The molecule has 4 aliphatic rings. The molecule has 4 fully saturated rings. The molecule has 4 rings (SSSR count). The summed E-state index contributed by atoms with van der Waals surface area (Å²) in [6, 6.07) is 0. The fourth-order valence-corrected chi connectivity index (χ4v) is 8.90. The predicted molar refractivity (Wildman–Crippen MR) is 116 cm³/mol. The maximum Gasteiger partial charge on any atom is 0.154 e. The first kappa shape index (κ1) is 21.8. The van der Waals surface area contributed by atoms with E-state index in [0.717, 1.165) is 55.8 Å². The summed E-state index contributed by atoms with van der Waals surface area (Å²) in [7, 11) is 0. The van der Waals surface area contributed by atoms with Gasteiger partial charge >= 0.3 is 0 Å². The number of fused-ring (bicyclic) bond motifs is 5. The Kier molecular flexibility index (Phi) is 6.21. The average molecular weight is 405 g/mol. The van der Waals surface area contributed by atoms with Crippen molar-refractivity contribution < 1.29 is 14.6 Å². The smallest absolute Gasteiger partial charge is 0.154 e. The van der Waals surface area contributed by atoms with Gasteiger partial charge in [0, 0.05) is 19.4 Å². The van der Waals surface area contributed by atoms with Crippen LogP contribution in [0.3, 0.4) is 0 Å². The van der Waals surface area contributed by atoms with Crippen molar-refractivity contribution in [2.45, 2.75) is 105 Å². The van der Waals surface area contributed by atoms with Gasteiger partial charge in [0.05, 0.1) is 0 Å². The Bertz CT molecular complexity index is 603. The van der Waals surface area contributed by atoms with Gasteiger partial charge in [-0.15, -0.1) is 0 Å². The van der Waals surface area contributed by atoms with E-state index in [4.69, 9.17) is 4.74 Å². The van der Waals surface area contributed by atoms with Crippen molar-refractivity contribution in [2.75, 3.05) is 6.61 Å². The monoisotopic (exact) mass is 404 g/mol. The number of Topliss-reactive ketones (excluding diaryl/α,β-unsaturated/α-hetero) is 1. The predicted octanol–water partition coefficient (Wildman–Crippen LogP) is 5.99. The average Bonchev–Trinajstić information content (AvgIpc) is 3.04. The van der Waals surface area contributed by atoms with Crippen molar-refractivity contribution in [2.24, 2.45) is 46.3 Å². The van der Waals surface area contributed by atoms with Gasteiger partial charge in [-0.05, 0) is 111 Å². The molecular weight excluding hydrogens is 360 g/mol. The number of hydrogen-bond donors (Lipinski definition) is 1. The molecule has 0 aromatic rings. The summed E-state index contributed by atoms with van der Waals surface area (Å²) < 4.78 is 5.36. The second kappa shape index (κ2) is 8.26. The lowest BCUT2D eigenvalue weighted by molar-refractivity contribution is -0.140. The molecule has 4 unspecified atom stereocenters. The van der Waals surface area contributed by atoms with Gasteiger partial charge in [0.1, 0.15) is 5.78 Å². The van der Waals surface area contributed by atoms with Crippen LogP contribution < -0.4 is 0 Å². The van der Waals surface area contributed by atoms with E-state index in [9.17, 15) is 9.90 Å². The summed E-state index contributed by atoms with van der Waals surface area (Å²) in [6.45, 7) is 10.1. The third kappa shape index (κ3) is 3.73. The van der Waals surface area contributed by atoms with Gasteiger partial charge in [-0.25, -0.2) is 0 Å². The van der Waals surface area contributed by atoms with E-state index >= 15 is 0 Å². The number of rotatable bonds is 6. The number of ketones is 1. The van der Waals surface area contributed by atoms with Gasteiger partial charge < -0.3 is 9.84 Å². The van der Waals surface area contributed by atoms with Crippen LogP contribution in [0.25, 0.3) is 0 Å². The SMILES string of the molecule is CCOC(O)CC[C@@H](C)[C@H]1CCC2C3CC[C@H]4CC(=O)CC[C@]4(C)C3CC[C@@]21C. The minimum absolute atomic E-state index is 0.420. The van der Waals surface area contributed by atoms with Gasteiger partial charge in [-0.2, -0.15) is 0 Å². The lowest BCUT2D eigenvalue weighted by Gasteiger charge is -2.60. The highest BCUT2D eigenvalue weighted by Gasteiger charge is 2.60. The van der Waals surface area contributed by atoms with Crippen molar-refractivity contribution in [3.63, 3.8) is 0 Å². The molecule has 0 amide bonds. The lowest BCUT2D eigenvalue weighted by Crippen LogP contribution is -2.53. The Morgan fingerprint density at radius 1 is 1.03 bits per heavy atom. The van der Waals surface area contributed by atoms with Gasteiger partial charge in [-0.3, -0.25) is 4.79 Å². The number of aliphatic hydroxyl groups excluding tert-OH is 1. The number of ether oxygens (including phenoxy) is 1. The normalized spacial score (nSPS) is 46.5. The van der Waals surface area contributed by atoms with E-state index in [1.165, 1.54) is 38.5 Å². The highest BCUT2D eigenvalue weighted by molar-refractivity contribution is 5.79. The molecule has 1 N–H and O–H groups in total. The number of carbonyl (C=O) groups excluding carboxylic acids is 1. The van der Waals surface area contributed by atoms with E-state index in [0.29, 0.717) is 35.1 Å². The molecule has 0 aromatic heterocycles. The highest BCUT2D eigenvalue weighted by Crippen LogP contribution is 2.68. The van der Waals surface area contributed by atoms with Crippen LogP contribution in [0.1, 0.15) is 98.3 Å². The summed E-state index contributed by atoms with van der Waals surface area (Å²) in [4.78, 5) is 12.1. The Hall–Kier alpha value is -0.410. The first-order valence-electron chi connectivity index (χ1n) is 12.6. The van der Waals surface area contributed by atoms with Crippen LogP contribution in [-0.4, -0.2) is 23.8 Å². The molecule has 0 radical (unpaired) electrons. The fourth-order valence-electron chi connectivity index (χ4n) is 8.90. The third-order valence-corrected chi connectivity index (χ3v) is 10.5. The van der Waals surface area contributed by atoms with Gasteiger partial charge in [0.25, 0.3) is 0 Å². The second-order valence-electron chi connectivity index (χ2n) is 11.6. The summed E-state index contributed by atoms with van der Waals surface area (Å²) >= 11 is 0.